The van der Waals surface area contributed by atoms with E-state index in [1.807, 2.05) is 79.0 Å². The van der Waals surface area contributed by atoms with Crippen molar-refractivity contribution in [3.63, 3.8) is 0 Å². The van der Waals surface area contributed by atoms with Crippen LogP contribution in [0.15, 0.2) is 91.4 Å². The van der Waals surface area contributed by atoms with Crippen LogP contribution in [0.2, 0.25) is 5.02 Å². The summed E-state index contributed by atoms with van der Waals surface area (Å²) in [5.74, 6) is -0.00378. The monoisotopic (exact) mass is 525 g/mol. The van der Waals surface area contributed by atoms with Gasteiger partial charge in [0, 0.05) is 23.5 Å². The third kappa shape index (κ3) is 6.12. The highest BCUT2D eigenvalue weighted by Crippen LogP contribution is 2.31. The summed E-state index contributed by atoms with van der Waals surface area (Å²) in [5.41, 5.74) is 4.48. The van der Waals surface area contributed by atoms with E-state index in [0.717, 1.165) is 22.5 Å². The number of anilines is 1. The van der Waals surface area contributed by atoms with E-state index in [-0.39, 0.29) is 24.5 Å². The fourth-order valence-corrected chi connectivity index (χ4v) is 5.06. The number of H-pyrrole nitrogens is 1. The predicted molar refractivity (Wildman–Crippen MR) is 147 cm³/mol. The molecular weight excluding hydrogens is 498 g/mol. The zero-order chi connectivity index (χ0) is 26.3. The van der Waals surface area contributed by atoms with Gasteiger partial charge in [-0.15, -0.1) is 0 Å². The van der Waals surface area contributed by atoms with Crippen molar-refractivity contribution in [2.45, 2.75) is 25.1 Å². The maximum absolute atomic E-state index is 13.5. The van der Waals surface area contributed by atoms with Crippen LogP contribution >= 0.6 is 11.6 Å². The molecule has 1 unspecified atom stereocenters. The number of hydrogen-bond donors (Lipinski definition) is 1. The molecule has 7 nitrogen and oxygen atoms in total. The molecule has 38 heavy (non-hydrogen) atoms. The first kappa shape index (κ1) is 25.7. The second-order valence-corrected chi connectivity index (χ2v) is 9.78. The van der Waals surface area contributed by atoms with Crippen LogP contribution in [0.25, 0.3) is 0 Å². The first-order valence-electron chi connectivity index (χ1n) is 12.5. The van der Waals surface area contributed by atoms with Gasteiger partial charge >= 0.3 is 0 Å². The number of benzene rings is 3. The number of aromatic amines is 1. The van der Waals surface area contributed by atoms with Crippen molar-refractivity contribution in [1.29, 1.82) is 5.26 Å². The third-order valence-electron chi connectivity index (χ3n) is 6.81. The molecule has 1 saturated heterocycles. The summed E-state index contributed by atoms with van der Waals surface area (Å²) in [5, 5.41) is 9.78. The number of amides is 1. The average molecular weight is 526 g/mol. The maximum Gasteiger partial charge on any atom is 0.241 e. The minimum atomic E-state index is -0.138. The second kappa shape index (κ2) is 12.1. The molecule has 0 spiro atoms. The van der Waals surface area contributed by atoms with Gasteiger partial charge in [0.1, 0.15) is 0 Å². The number of aromatic nitrogens is 2. The van der Waals surface area contributed by atoms with Crippen molar-refractivity contribution in [2.24, 2.45) is 0 Å². The quantitative estimate of drug-likeness (QED) is 0.326. The molecule has 192 valence electrons. The molecule has 1 aliphatic heterocycles. The van der Waals surface area contributed by atoms with E-state index in [9.17, 15) is 10.1 Å². The van der Waals surface area contributed by atoms with Gasteiger partial charge in [-0.05, 0) is 47.9 Å². The molecular formula is C30H28ClN5O2. The van der Waals surface area contributed by atoms with E-state index < -0.39 is 0 Å². The lowest BCUT2D eigenvalue weighted by atomic mass is 9.98. The Labute approximate surface area is 227 Å². The van der Waals surface area contributed by atoms with Gasteiger partial charge in [0.25, 0.3) is 0 Å². The molecule has 2 atom stereocenters. The SMILES string of the molecule is N#Cc1ccc(CC(c2cnc[nH]2)N2CC(=O)N(c3cccc(Cl)c3)C[C@@H]2COCc2ccccc2)cc1. The minimum Gasteiger partial charge on any atom is -0.375 e. The van der Waals surface area contributed by atoms with Gasteiger partial charge in [0.15, 0.2) is 0 Å². The fourth-order valence-electron chi connectivity index (χ4n) is 4.88. The average Bonchev–Trinajstić information content (AvgIpc) is 3.48. The summed E-state index contributed by atoms with van der Waals surface area (Å²) in [6.45, 7) is 1.61. The Morgan fingerprint density at radius 1 is 1.08 bits per heavy atom. The molecule has 0 saturated carbocycles. The summed E-state index contributed by atoms with van der Waals surface area (Å²) in [6.07, 6.45) is 4.11. The number of hydrogen-bond acceptors (Lipinski definition) is 5. The lowest BCUT2D eigenvalue weighted by molar-refractivity contribution is -0.124. The number of ether oxygens (including phenoxy) is 1. The van der Waals surface area contributed by atoms with Crippen LogP contribution in [0, 0.1) is 11.3 Å². The van der Waals surface area contributed by atoms with Crippen LogP contribution in [0.4, 0.5) is 5.69 Å². The molecule has 1 fully saturated rings. The van der Waals surface area contributed by atoms with E-state index in [0.29, 0.717) is 36.8 Å². The molecule has 5 rings (SSSR count). The minimum absolute atomic E-state index is 0.00378. The molecule has 1 amide bonds. The normalized spacial score (nSPS) is 16.8. The predicted octanol–water partition coefficient (Wildman–Crippen LogP) is 5.15. The summed E-state index contributed by atoms with van der Waals surface area (Å²) in [4.78, 5) is 25.0. The molecule has 0 radical (unpaired) electrons. The first-order valence-corrected chi connectivity index (χ1v) is 12.9. The molecule has 4 aromatic rings. The first-order chi connectivity index (χ1) is 18.6. The largest absolute Gasteiger partial charge is 0.375 e. The van der Waals surface area contributed by atoms with Crippen LogP contribution < -0.4 is 4.90 Å². The van der Waals surface area contributed by atoms with Gasteiger partial charge < -0.3 is 14.6 Å². The summed E-state index contributed by atoms with van der Waals surface area (Å²) < 4.78 is 6.21. The number of nitrogens with zero attached hydrogens (tertiary/aromatic N) is 4. The Hall–Kier alpha value is -3.96. The zero-order valence-corrected chi connectivity index (χ0v) is 21.6. The fraction of sp³-hybridized carbons (Fsp3) is 0.233. The Morgan fingerprint density at radius 2 is 1.89 bits per heavy atom. The van der Waals surface area contributed by atoms with Crippen molar-refractivity contribution in [2.75, 3.05) is 24.6 Å². The van der Waals surface area contributed by atoms with Gasteiger partial charge in [-0.25, -0.2) is 4.98 Å². The Morgan fingerprint density at radius 3 is 2.61 bits per heavy atom. The number of piperazine rings is 1. The van der Waals surface area contributed by atoms with E-state index in [2.05, 4.69) is 20.9 Å². The highest BCUT2D eigenvalue weighted by atomic mass is 35.5. The maximum atomic E-state index is 13.5. The topological polar surface area (TPSA) is 85.2 Å². The number of halogens is 1. The van der Waals surface area contributed by atoms with E-state index in [1.165, 1.54) is 0 Å². The van der Waals surface area contributed by atoms with Crippen LogP contribution in [0.1, 0.15) is 28.4 Å². The number of carbonyl (C=O) groups is 1. The van der Waals surface area contributed by atoms with Gasteiger partial charge in [-0.1, -0.05) is 60.1 Å². The van der Waals surface area contributed by atoms with E-state index in [1.54, 1.807) is 17.3 Å². The highest BCUT2D eigenvalue weighted by Gasteiger charge is 2.38. The number of nitrogens with one attached hydrogen (secondary N) is 1. The summed E-state index contributed by atoms with van der Waals surface area (Å²) in [7, 11) is 0. The Balaban J connectivity index is 1.43. The molecule has 8 heteroatoms. The second-order valence-electron chi connectivity index (χ2n) is 9.35. The lowest BCUT2D eigenvalue weighted by Crippen LogP contribution is -2.59. The summed E-state index contributed by atoms with van der Waals surface area (Å²) in [6, 6.07) is 27.0. The van der Waals surface area contributed by atoms with Crippen LogP contribution in [-0.4, -0.2) is 46.5 Å². The number of rotatable bonds is 9. The van der Waals surface area contributed by atoms with Gasteiger partial charge in [0.2, 0.25) is 5.91 Å². The molecule has 0 bridgehead atoms. The third-order valence-corrected chi connectivity index (χ3v) is 7.05. The number of nitriles is 1. The van der Waals surface area contributed by atoms with Crippen molar-refractivity contribution < 1.29 is 9.53 Å². The molecule has 2 heterocycles. The van der Waals surface area contributed by atoms with Crippen LogP contribution in [-0.2, 0) is 22.6 Å². The van der Waals surface area contributed by atoms with Crippen molar-refractivity contribution in [3.05, 3.63) is 119 Å². The molecule has 3 aromatic carbocycles. The Kier molecular flexibility index (Phi) is 8.15. The molecule has 1 aromatic heterocycles. The van der Waals surface area contributed by atoms with Crippen molar-refractivity contribution in [1.82, 2.24) is 14.9 Å². The number of imidazole rings is 1. The number of carbonyl (C=O) groups excluding carboxylic acids is 1. The molecule has 1 N–H and O–H groups in total. The Bertz CT molecular complexity index is 1390. The lowest BCUT2D eigenvalue weighted by Gasteiger charge is -2.44. The zero-order valence-electron chi connectivity index (χ0n) is 20.8. The van der Waals surface area contributed by atoms with Gasteiger partial charge in [-0.3, -0.25) is 9.69 Å². The van der Waals surface area contributed by atoms with Gasteiger partial charge in [-0.2, -0.15) is 5.26 Å². The van der Waals surface area contributed by atoms with Crippen molar-refractivity contribution >= 4 is 23.2 Å². The highest BCUT2D eigenvalue weighted by molar-refractivity contribution is 6.30. The van der Waals surface area contributed by atoms with E-state index >= 15 is 0 Å². The molecule has 1 aliphatic rings. The van der Waals surface area contributed by atoms with E-state index in [4.69, 9.17) is 16.3 Å². The molecule has 0 aliphatic carbocycles. The smallest absolute Gasteiger partial charge is 0.241 e. The van der Waals surface area contributed by atoms with Gasteiger partial charge in [0.05, 0.1) is 55.5 Å². The standard InChI is InChI=1S/C30H28ClN5O2/c31-25-7-4-8-26(14-25)36-17-27(20-38-19-24-5-2-1-3-6-24)35(18-30(36)37)29(28-16-33-21-34-28)13-22-9-11-23(15-32)12-10-22/h1-12,14,16,21,27,29H,13,17-20H2,(H,33,34)/t27-,29?/m1/s1. The van der Waals surface area contributed by atoms with Crippen LogP contribution in [0.3, 0.4) is 0 Å². The summed E-state index contributed by atoms with van der Waals surface area (Å²) >= 11 is 6.25. The van der Waals surface area contributed by atoms with Crippen LogP contribution in [0.5, 0.6) is 0 Å². The van der Waals surface area contributed by atoms with Crippen molar-refractivity contribution in [3.8, 4) is 6.07 Å².